The van der Waals surface area contributed by atoms with Gasteiger partial charge < -0.3 is 20.5 Å². The molecule has 2 aromatic rings. The van der Waals surface area contributed by atoms with Crippen LogP contribution in [0.3, 0.4) is 0 Å². The van der Waals surface area contributed by atoms with E-state index in [1.807, 2.05) is 12.1 Å². The van der Waals surface area contributed by atoms with Gasteiger partial charge in [-0.15, -0.1) is 0 Å². The molecule has 0 bridgehead atoms. The molecule has 1 aliphatic rings. The van der Waals surface area contributed by atoms with Gasteiger partial charge >= 0.3 is 0 Å². The first kappa shape index (κ1) is 13.5. The van der Waals surface area contributed by atoms with E-state index in [-0.39, 0.29) is 5.91 Å². The molecule has 0 saturated heterocycles. The van der Waals surface area contributed by atoms with Crippen molar-refractivity contribution >= 4 is 17.3 Å². The van der Waals surface area contributed by atoms with Crippen molar-refractivity contribution in [2.45, 2.75) is 13.2 Å². The average Bonchev–Trinajstić information content (AvgIpc) is 2.96. The molecule has 0 fully saturated rings. The van der Waals surface area contributed by atoms with Gasteiger partial charge in [0, 0.05) is 11.6 Å². The SMILES string of the molecule is COc1ccc(NC(=O)c2ccc3c(c2)COC3)c(N)c1. The number of nitrogens with one attached hydrogen (secondary N) is 1. The van der Waals surface area contributed by atoms with Gasteiger partial charge in [0.25, 0.3) is 5.91 Å². The van der Waals surface area contributed by atoms with Crippen LogP contribution >= 0.6 is 0 Å². The van der Waals surface area contributed by atoms with Crippen molar-refractivity contribution in [3.8, 4) is 5.75 Å². The molecule has 1 aliphatic heterocycles. The van der Waals surface area contributed by atoms with Crippen molar-refractivity contribution in [3.63, 3.8) is 0 Å². The van der Waals surface area contributed by atoms with Crippen LogP contribution < -0.4 is 15.8 Å². The van der Waals surface area contributed by atoms with Crippen LogP contribution in [-0.4, -0.2) is 13.0 Å². The summed E-state index contributed by atoms with van der Waals surface area (Å²) in [6.07, 6.45) is 0. The standard InChI is InChI=1S/C16H16N2O3/c1-20-13-4-5-15(14(17)7-13)18-16(19)10-2-3-11-8-21-9-12(11)6-10/h2-7H,8-9,17H2,1H3,(H,18,19). The molecule has 1 heterocycles. The fraction of sp³-hybridized carbons (Fsp3) is 0.188. The fourth-order valence-electron chi connectivity index (χ4n) is 2.29. The lowest BCUT2D eigenvalue weighted by Gasteiger charge is -2.10. The minimum atomic E-state index is -0.193. The molecule has 21 heavy (non-hydrogen) atoms. The van der Waals surface area contributed by atoms with E-state index in [1.54, 1.807) is 31.4 Å². The molecule has 0 saturated carbocycles. The average molecular weight is 284 g/mol. The van der Waals surface area contributed by atoms with E-state index < -0.39 is 0 Å². The van der Waals surface area contributed by atoms with Crippen LogP contribution in [0, 0.1) is 0 Å². The minimum Gasteiger partial charge on any atom is -0.497 e. The number of nitrogens with two attached hydrogens (primary N) is 1. The Morgan fingerprint density at radius 2 is 2.00 bits per heavy atom. The second-order valence-corrected chi connectivity index (χ2v) is 4.88. The predicted octanol–water partition coefficient (Wildman–Crippen LogP) is 2.56. The Hall–Kier alpha value is -2.53. The Bertz CT molecular complexity index is 698. The van der Waals surface area contributed by atoms with Gasteiger partial charge in [0.05, 0.1) is 31.7 Å². The number of hydrogen-bond acceptors (Lipinski definition) is 4. The first-order valence-electron chi connectivity index (χ1n) is 6.62. The number of carbonyl (C=O) groups excluding carboxylic acids is 1. The third-order valence-corrected chi connectivity index (χ3v) is 3.49. The second kappa shape index (κ2) is 5.46. The molecule has 2 aromatic carbocycles. The van der Waals surface area contributed by atoms with Crippen LogP contribution in [0.25, 0.3) is 0 Å². The van der Waals surface area contributed by atoms with Gasteiger partial charge in [-0.3, -0.25) is 4.79 Å². The summed E-state index contributed by atoms with van der Waals surface area (Å²) in [5.74, 6) is 0.460. The number of anilines is 2. The normalized spacial score (nSPS) is 12.8. The number of carbonyl (C=O) groups is 1. The summed E-state index contributed by atoms with van der Waals surface area (Å²) in [6, 6.07) is 10.7. The minimum absolute atomic E-state index is 0.193. The maximum absolute atomic E-state index is 12.3. The Morgan fingerprint density at radius 3 is 2.76 bits per heavy atom. The lowest BCUT2D eigenvalue weighted by molar-refractivity contribution is 0.102. The Kier molecular flexibility index (Phi) is 3.50. The van der Waals surface area contributed by atoms with Crippen LogP contribution in [0.4, 0.5) is 11.4 Å². The number of fused-ring (bicyclic) bond motifs is 1. The number of amides is 1. The molecule has 0 radical (unpaired) electrons. The molecule has 0 atom stereocenters. The van der Waals surface area contributed by atoms with Crippen molar-refractivity contribution in [2.75, 3.05) is 18.2 Å². The van der Waals surface area contributed by atoms with Gasteiger partial charge in [0.2, 0.25) is 0 Å². The molecule has 0 spiro atoms. The van der Waals surface area contributed by atoms with Gasteiger partial charge in [-0.1, -0.05) is 6.07 Å². The van der Waals surface area contributed by atoms with Gasteiger partial charge in [-0.25, -0.2) is 0 Å². The number of methoxy groups -OCH3 is 1. The summed E-state index contributed by atoms with van der Waals surface area (Å²) >= 11 is 0. The zero-order valence-corrected chi connectivity index (χ0v) is 11.7. The van der Waals surface area contributed by atoms with Crippen molar-refractivity contribution in [1.82, 2.24) is 0 Å². The van der Waals surface area contributed by atoms with Crippen LogP contribution in [0.15, 0.2) is 36.4 Å². The first-order valence-corrected chi connectivity index (χ1v) is 6.62. The molecule has 0 unspecified atom stereocenters. The van der Waals surface area contributed by atoms with E-state index in [1.165, 1.54) is 0 Å². The monoisotopic (exact) mass is 284 g/mol. The molecule has 0 aliphatic carbocycles. The van der Waals surface area contributed by atoms with Gasteiger partial charge in [0.15, 0.2) is 0 Å². The Balaban J connectivity index is 1.80. The van der Waals surface area contributed by atoms with Crippen molar-refractivity contribution in [1.29, 1.82) is 0 Å². The first-order chi connectivity index (χ1) is 10.2. The van der Waals surface area contributed by atoms with Crippen LogP contribution in [0.1, 0.15) is 21.5 Å². The second-order valence-electron chi connectivity index (χ2n) is 4.88. The smallest absolute Gasteiger partial charge is 0.255 e. The summed E-state index contributed by atoms with van der Waals surface area (Å²) in [5, 5.41) is 2.81. The van der Waals surface area contributed by atoms with Crippen LogP contribution in [0.2, 0.25) is 0 Å². The molecule has 3 rings (SSSR count). The van der Waals surface area contributed by atoms with Gasteiger partial charge in [-0.05, 0) is 35.4 Å². The number of rotatable bonds is 3. The molecule has 5 nitrogen and oxygen atoms in total. The third kappa shape index (κ3) is 2.68. The Labute approximate surface area is 122 Å². The predicted molar refractivity (Wildman–Crippen MR) is 80.3 cm³/mol. The summed E-state index contributed by atoms with van der Waals surface area (Å²) < 4.78 is 10.4. The zero-order chi connectivity index (χ0) is 14.8. The molecule has 0 aromatic heterocycles. The van der Waals surface area contributed by atoms with Gasteiger partial charge in [0.1, 0.15) is 5.75 Å². The van der Waals surface area contributed by atoms with Crippen molar-refractivity contribution in [2.24, 2.45) is 0 Å². The van der Waals surface area contributed by atoms with Crippen LogP contribution in [0.5, 0.6) is 5.75 Å². The summed E-state index contributed by atoms with van der Waals surface area (Å²) in [5.41, 5.74) is 9.72. The summed E-state index contributed by atoms with van der Waals surface area (Å²) in [4.78, 5) is 12.3. The highest BCUT2D eigenvalue weighted by molar-refractivity contribution is 6.06. The van der Waals surface area contributed by atoms with E-state index in [0.717, 1.165) is 11.1 Å². The molecule has 1 amide bonds. The quantitative estimate of drug-likeness (QED) is 0.850. The topological polar surface area (TPSA) is 73.6 Å². The molecular weight excluding hydrogens is 268 g/mol. The molecule has 5 heteroatoms. The van der Waals surface area contributed by atoms with Crippen molar-refractivity contribution in [3.05, 3.63) is 53.1 Å². The number of hydrogen-bond donors (Lipinski definition) is 2. The lowest BCUT2D eigenvalue weighted by Crippen LogP contribution is -2.13. The Morgan fingerprint density at radius 1 is 1.19 bits per heavy atom. The van der Waals surface area contributed by atoms with Gasteiger partial charge in [-0.2, -0.15) is 0 Å². The number of benzene rings is 2. The largest absolute Gasteiger partial charge is 0.497 e. The van der Waals surface area contributed by atoms with Crippen molar-refractivity contribution < 1.29 is 14.3 Å². The van der Waals surface area contributed by atoms with Crippen LogP contribution in [-0.2, 0) is 18.0 Å². The number of nitrogen functional groups attached to an aromatic ring is 1. The highest BCUT2D eigenvalue weighted by atomic mass is 16.5. The lowest BCUT2D eigenvalue weighted by atomic mass is 10.1. The third-order valence-electron chi connectivity index (χ3n) is 3.49. The van der Waals surface area contributed by atoms with E-state index >= 15 is 0 Å². The molecular formula is C16H16N2O3. The number of ether oxygens (including phenoxy) is 2. The highest BCUT2D eigenvalue weighted by Crippen LogP contribution is 2.25. The molecule has 3 N–H and O–H groups in total. The maximum Gasteiger partial charge on any atom is 0.255 e. The molecule has 108 valence electrons. The van der Waals surface area contributed by atoms with E-state index in [0.29, 0.717) is 35.9 Å². The van der Waals surface area contributed by atoms with E-state index in [4.69, 9.17) is 15.2 Å². The summed E-state index contributed by atoms with van der Waals surface area (Å²) in [6.45, 7) is 1.17. The highest BCUT2D eigenvalue weighted by Gasteiger charge is 2.15. The van der Waals surface area contributed by atoms with E-state index in [9.17, 15) is 4.79 Å². The zero-order valence-electron chi connectivity index (χ0n) is 11.7. The van der Waals surface area contributed by atoms with E-state index in [2.05, 4.69) is 5.32 Å². The fourth-order valence-corrected chi connectivity index (χ4v) is 2.29. The summed E-state index contributed by atoms with van der Waals surface area (Å²) in [7, 11) is 1.57. The maximum atomic E-state index is 12.3.